The number of aliphatic hydroxyl groups is 4. The highest BCUT2D eigenvalue weighted by molar-refractivity contribution is 5.89. The lowest BCUT2D eigenvalue weighted by molar-refractivity contribution is -0.298. The van der Waals surface area contributed by atoms with Crippen LogP contribution in [-0.4, -0.2) is 82.0 Å². The minimum Gasteiger partial charge on any atom is -0.508 e. The molecule has 1 aliphatic heterocycles. The van der Waals surface area contributed by atoms with E-state index in [-0.39, 0.29) is 19.0 Å². The molecule has 2 rings (SSSR count). The third kappa shape index (κ3) is 5.73. The van der Waals surface area contributed by atoms with Gasteiger partial charge in [-0.15, -0.1) is 0 Å². The van der Waals surface area contributed by atoms with Gasteiger partial charge >= 0.3 is 5.97 Å². The van der Waals surface area contributed by atoms with E-state index in [0.29, 0.717) is 11.1 Å². The third-order valence-electron chi connectivity index (χ3n) is 4.07. The molecule has 150 valence electrons. The number of ether oxygens (including phenoxy) is 3. The molecule has 27 heavy (non-hydrogen) atoms. The number of aromatic hydroxyl groups is 1. The number of hydrogen-bond acceptors (Lipinski definition) is 9. The van der Waals surface area contributed by atoms with Gasteiger partial charge in [-0.2, -0.15) is 0 Å². The van der Waals surface area contributed by atoms with Crippen LogP contribution in [-0.2, 0) is 14.2 Å². The first-order valence-electron chi connectivity index (χ1n) is 8.37. The molecule has 0 bridgehead atoms. The number of hydrogen-bond donors (Lipinski definition) is 5. The second kappa shape index (κ2) is 9.79. The van der Waals surface area contributed by atoms with E-state index in [1.807, 2.05) is 0 Å². The zero-order valence-electron chi connectivity index (χ0n) is 14.8. The summed E-state index contributed by atoms with van der Waals surface area (Å²) in [5, 5.41) is 47.6. The molecule has 0 spiro atoms. The Morgan fingerprint density at radius 3 is 2.44 bits per heavy atom. The first kappa shape index (κ1) is 21.3. The molecule has 9 heteroatoms. The summed E-state index contributed by atoms with van der Waals surface area (Å²) in [6.45, 7) is 1.18. The number of carbonyl (C=O) groups is 1. The lowest BCUT2D eigenvalue weighted by Gasteiger charge is -2.39. The smallest absolute Gasteiger partial charge is 0.338 e. The van der Waals surface area contributed by atoms with Crippen LogP contribution in [0.4, 0.5) is 0 Å². The predicted molar refractivity (Wildman–Crippen MR) is 91.9 cm³/mol. The van der Waals surface area contributed by atoms with Crippen molar-refractivity contribution in [2.45, 2.75) is 37.6 Å². The van der Waals surface area contributed by atoms with Crippen molar-refractivity contribution >= 4 is 5.97 Å². The quantitative estimate of drug-likeness (QED) is 0.304. The van der Waals surface area contributed by atoms with Crippen LogP contribution in [0.1, 0.15) is 17.3 Å². The number of benzene rings is 1. The molecule has 0 radical (unpaired) electrons. The largest absolute Gasteiger partial charge is 0.508 e. The van der Waals surface area contributed by atoms with Gasteiger partial charge in [0, 0.05) is 0 Å². The second-order valence-electron chi connectivity index (χ2n) is 6.20. The highest BCUT2D eigenvalue weighted by atomic mass is 16.7. The van der Waals surface area contributed by atoms with E-state index in [9.17, 15) is 25.2 Å². The van der Waals surface area contributed by atoms with Crippen molar-refractivity contribution < 1.29 is 44.5 Å². The fourth-order valence-corrected chi connectivity index (χ4v) is 2.41. The number of rotatable bonds is 7. The van der Waals surface area contributed by atoms with E-state index in [2.05, 4.69) is 0 Å². The molecule has 1 aliphatic rings. The van der Waals surface area contributed by atoms with Crippen LogP contribution < -0.4 is 0 Å². The molecule has 5 atom stereocenters. The third-order valence-corrected chi connectivity index (χ3v) is 4.07. The Kier molecular flexibility index (Phi) is 7.72. The molecule has 0 unspecified atom stereocenters. The Balaban J connectivity index is 1.79. The molecule has 9 nitrogen and oxygen atoms in total. The van der Waals surface area contributed by atoms with Crippen molar-refractivity contribution in [3.8, 4) is 5.75 Å². The van der Waals surface area contributed by atoms with Gasteiger partial charge in [0.1, 0.15) is 36.8 Å². The van der Waals surface area contributed by atoms with Gasteiger partial charge in [0.2, 0.25) is 0 Å². The van der Waals surface area contributed by atoms with E-state index in [4.69, 9.17) is 19.3 Å². The average molecular weight is 384 g/mol. The fraction of sp³-hybridized carbons (Fsp3) is 0.500. The van der Waals surface area contributed by atoms with Crippen LogP contribution >= 0.6 is 0 Å². The summed E-state index contributed by atoms with van der Waals surface area (Å²) in [6.07, 6.45) is -5.07. The highest BCUT2D eigenvalue weighted by Crippen LogP contribution is 2.22. The molecule has 0 aromatic heterocycles. The van der Waals surface area contributed by atoms with Gasteiger partial charge in [-0.1, -0.05) is 6.08 Å². The van der Waals surface area contributed by atoms with Gasteiger partial charge in [0.25, 0.3) is 0 Å². The Labute approximate surface area is 156 Å². The molecule has 1 fully saturated rings. The van der Waals surface area contributed by atoms with E-state index in [1.54, 1.807) is 13.0 Å². The second-order valence-corrected chi connectivity index (χ2v) is 6.20. The van der Waals surface area contributed by atoms with Gasteiger partial charge in [0.15, 0.2) is 6.29 Å². The molecule has 0 saturated carbocycles. The highest BCUT2D eigenvalue weighted by Gasteiger charge is 2.43. The van der Waals surface area contributed by atoms with Crippen molar-refractivity contribution in [1.29, 1.82) is 0 Å². The summed E-state index contributed by atoms with van der Waals surface area (Å²) in [4.78, 5) is 11.9. The first-order valence-corrected chi connectivity index (χ1v) is 8.37. The summed E-state index contributed by atoms with van der Waals surface area (Å²) in [5.41, 5.74) is 0.977. The zero-order chi connectivity index (χ0) is 20.0. The molecular weight excluding hydrogens is 360 g/mol. The lowest BCUT2D eigenvalue weighted by Crippen LogP contribution is -2.59. The van der Waals surface area contributed by atoms with Crippen LogP contribution in [0.15, 0.2) is 35.9 Å². The van der Waals surface area contributed by atoms with Crippen LogP contribution in [0.25, 0.3) is 0 Å². The minimum atomic E-state index is -1.50. The minimum absolute atomic E-state index is 0.00865. The summed E-state index contributed by atoms with van der Waals surface area (Å²) in [6, 6.07) is 5.65. The maximum Gasteiger partial charge on any atom is 0.338 e. The summed E-state index contributed by atoms with van der Waals surface area (Å²) < 4.78 is 15.7. The first-order chi connectivity index (χ1) is 12.8. The van der Waals surface area contributed by atoms with Crippen molar-refractivity contribution in [3.05, 3.63) is 41.5 Å². The molecule has 0 amide bonds. The Morgan fingerprint density at radius 1 is 1.15 bits per heavy atom. The van der Waals surface area contributed by atoms with Crippen LogP contribution in [0.5, 0.6) is 5.75 Å². The van der Waals surface area contributed by atoms with Gasteiger partial charge in [-0.05, 0) is 36.8 Å². The molecule has 5 N–H and O–H groups in total. The standard InChI is InChI=1S/C18H24O9/c1-10(9-26-17(24)11-2-4-12(20)5-3-11)6-7-25-18-16(23)15(22)14(21)13(8-19)27-18/h2-6,13-16,18-23H,7-9H2,1H3/b10-6+/t13-,14-,15+,16-,18-/m1/s1. The Hall–Kier alpha value is -2.01. The van der Waals surface area contributed by atoms with E-state index < -0.39 is 43.3 Å². The SMILES string of the molecule is C/C(=C\CO[C@@H]1O[C@H](CO)[C@@H](O)[C@H](O)[C@H]1O)COC(=O)c1ccc(O)cc1. The van der Waals surface area contributed by atoms with Gasteiger partial charge in [-0.25, -0.2) is 4.79 Å². The van der Waals surface area contributed by atoms with Gasteiger partial charge < -0.3 is 39.7 Å². The normalized spacial score (nSPS) is 28.8. The van der Waals surface area contributed by atoms with E-state index in [1.165, 1.54) is 24.3 Å². The number of phenolic OH excluding ortho intramolecular Hbond substituents is 1. The number of aliphatic hydroxyl groups excluding tert-OH is 4. The number of esters is 1. The maximum atomic E-state index is 11.9. The van der Waals surface area contributed by atoms with Gasteiger partial charge in [-0.3, -0.25) is 0 Å². The fourth-order valence-electron chi connectivity index (χ4n) is 2.41. The summed E-state index contributed by atoms with van der Waals surface area (Å²) in [7, 11) is 0. The Bertz CT molecular complexity index is 641. The monoisotopic (exact) mass is 384 g/mol. The summed E-state index contributed by atoms with van der Waals surface area (Å²) in [5.74, 6) is -0.495. The van der Waals surface area contributed by atoms with Crippen molar-refractivity contribution in [2.24, 2.45) is 0 Å². The predicted octanol–water partition coefficient (Wildman–Crippen LogP) is -0.688. The topological polar surface area (TPSA) is 146 Å². The molecule has 1 saturated heterocycles. The molecule has 0 aliphatic carbocycles. The molecular formula is C18H24O9. The average Bonchev–Trinajstić information content (AvgIpc) is 2.66. The van der Waals surface area contributed by atoms with Crippen LogP contribution in [0.2, 0.25) is 0 Å². The van der Waals surface area contributed by atoms with Crippen LogP contribution in [0.3, 0.4) is 0 Å². The van der Waals surface area contributed by atoms with Crippen LogP contribution in [0, 0.1) is 0 Å². The lowest BCUT2D eigenvalue weighted by atomic mass is 9.99. The van der Waals surface area contributed by atoms with E-state index >= 15 is 0 Å². The van der Waals surface area contributed by atoms with Gasteiger partial charge in [0.05, 0.1) is 18.8 Å². The van der Waals surface area contributed by atoms with E-state index in [0.717, 1.165) is 0 Å². The summed E-state index contributed by atoms with van der Waals surface area (Å²) >= 11 is 0. The number of carbonyl (C=O) groups excluding carboxylic acids is 1. The van der Waals surface area contributed by atoms with Crippen molar-refractivity contribution in [2.75, 3.05) is 19.8 Å². The number of phenols is 1. The maximum absolute atomic E-state index is 11.9. The zero-order valence-corrected chi connectivity index (χ0v) is 14.8. The molecule has 1 aromatic rings. The molecule has 1 heterocycles. The molecule has 1 aromatic carbocycles. The van der Waals surface area contributed by atoms with Crippen molar-refractivity contribution in [3.63, 3.8) is 0 Å². The van der Waals surface area contributed by atoms with Crippen molar-refractivity contribution in [1.82, 2.24) is 0 Å². The Morgan fingerprint density at radius 2 is 1.81 bits per heavy atom.